The standard InChI is InChI=1S/C41H60O2/c1-7-9-10-11-12-18-29-43-41(32-34(5)8-2)28-26-37(31-40(41)42-30-27-35(6)21-19-20-33(3)4)39-25-17-16-24-38(39)36-22-14-13-15-23-36/h13-17,20,22-26,28,31,34-35,40H,7-12,18-19,21,27,29-30,32H2,1-6H3. The monoisotopic (exact) mass is 584 g/mol. The highest BCUT2D eigenvalue weighted by atomic mass is 16.5. The van der Waals surface area contributed by atoms with Crippen molar-refractivity contribution in [3.63, 3.8) is 0 Å². The molecule has 0 saturated carbocycles. The SMILES string of the molecule is CCCCCCCCOC1(CC(C)CC)C=CC(c2ccccc2-c2ccccc2)=CC1OCCC(C)CCC=C(C)C. The second-order valence-corrected chi connectivity index (χ2v) is 13.2. The second-order valence-electron chi connectivity index (χ2n) is 13.2. The summed E-state index contributed by atoms with van der Waals surface area (Å²) >= 11 is 0. The number of unbranched alkanes of at least 4 members (excludes halogenated alkanes) is 5. The van der Waals surface area contributed by atoms with Crippen molar-refractivity contribution < 1.29 is 9.47 Å². The van der Waals surface area contributed by atoms with Crippen LogP contribution >= 0.6 is 0 Å². The highest BCUT2D eigenvalue weighted by molar-refractivity contribution is 5.86. The fourth-order valence-electron chi connectivity index (χ4n) is 6.06. The minimum Gasteiger partial charge on any atom is -0.371 e. The van der Waals surface area contributed by atoms with Crippen molar-refractivity contribution in [3.05, 3.63) is 90.0 Å². The third-order valence-electron chi connectivity index (χ3n) is 9.03. The molecule has 1 aliphatic carbocycles. The Hall–Kier alpha value is -2.42. The van der Waals surface area contributed by atoms with Gasteiger partial charge in [-0.1, -0.05) is 139 Å². The van der Waals surface area contributed by atoms with E-state index in [-0.39, 0.29) is 6.10 Å². The molecule has 0 N–H and O–H groups in total. The summed E-state index contributed by atoms with van der Waals surface area (Å²) in [4.78, 5) is 0. The van der Waals surface area contributed by atoms with Gasteiger partial charge < -0.3 is 9.47 Å². The Morgan fingerprint density at radius 3 is 2.23 bits per heavy atom. The van der Waals surface area contributed by atoms with E-state index in [9.17, 15) is 0 Å². The molecular weight excluding hydrogens is 524 g/mol. The zero-order valence-electron chi connectivity index (χ0n) is 28.2. The summed E-state index contributed by atoms with van der Waals surface area (Å²) in [6, 6.07) is 19.5. The zero-order valence-corrected chi connectivity index (χ0v) is 28.2. The molecular formula is C41H60O2. The Bertz CT molecular complexity index is 1140. The van der Waals surface area contributed by atoms with Gasteiger partial charge in [-0.25, -0.2) is 0 Å². The number of allylic oxidation sites excluding steroid dienone is 4. The topological polar surface area (TPSA) is 18.5 Å². The van der Waals surface area contributed by atoms with Crippen LogP contribution in [0.1, 0.15) is 118 Å². The molecule has 0 saturated heterocycles. The van der Waals surface area contributed by atoms with Crippen LogP contribution in [-0.4, -0.2) is 24.9 Å². The van der Waals surface area contributed by atoms with Crippen molar-refractivity contribution in [1.82, 2.24) is 0 Å². The molecule has 4 unspecified atom stereocenters. The van der Waals surface area contributed by atoms with Crippen LogP contribution in [0.5, 0.6) is 0 Å². The molecule has 1 aliphatic rings. The largest absolute Gasteiger partial charge is 0.371 e. The predicted octanol–water partition coefficient (Wildman–Crippen LogP) is 12.0. The lowest BCUT2D eigenvalue weighted by Crippen LogP contribution is -2.47. The average molecular weight is 585 g/mol. The number of rotatable bonds is 20. The second kappa shape index (κ2) is 19.1. The number of hydrogen-bond acceptors (Lipinski definition) is 2. The van der Waals surface area contributed by atoms with E-state index in [4.69, 9.17) is 9.47 Å². The molecule has 43 heavy (non-hydrogen) atoms. The fourth-order valence-corrected chi connectivity index (χ4v) is 6.06. The van der Waals surface area contributed by atoms with Crippen LogP contribution in [-0.2, 0) is 9.47 Å². The first-order valence-electron chi connectivity index (χ1n) is 17.3. The summed E-state index contributed by atoms with van der Waals surface area (Å²) in [5.74, 6) is 1.18. The molecule has 2 aromatic carbocycles. The van der Waals surface area contributed by atoms with Crippen LogP contribution in [0.2, 0.25) is 0 Å². The van der Waals surface area contributed by atoms with E-state index in [2.05, 4.69) is 120 Å². The summed E-state index contributed by atoms with van der Waals surface area (Å²) in [5.41, 5.74) is 5.95. The first-order valence-corrected chi connectivity index (χ1v) is 17.3. The number of benzene rings is 2. The third-order valence-corrected chi connectivity index (χ3v) is 9.03. The molecule has 0 bridgehead atoms. The number of hydrogen-bond donors (Lipinski definition) is 0. The predicted molar refractivity (Wildman–Crippen MR) is 187 cm³/mol. The van der Waals surface area contributed by atoms with Gasteiger partial charge in [-0.2, -0.15) is 0 Å². The van der Waals surface area contributed by atoms with Crippen LogP contribution in [0.4, 0.5) is 0 Å². The van der Waals surface area contributed by atoms with Crippen molar-refractivity contribution in [2.75, 3.05) is 13.2 Å². The highest BCUT2D eigenvalue weighted by Crippen LogP contribution is 2.39. The van der Waals surface area contributed by atoms with Gasteiger partial charge in [0.05, 0.1) is 0 Å². The van der Waals surface area contributed by atoms with E-state index in [0.29, 0.717) is 11.8 Å². The van der Waals surface area contributed by atoms with Gasteiger partial charge in [-0.05, 0) is 92.2 Å². The summed E-state index contributed by atoms with van der Waals surface area (Å²) < 4.78 is 13.8. The first kappa shape index (κ1) is 35.1. The average Bonchev–Trinajstić information content (AvgIpc) is 3.01. The van der Waals surface area contributed by atoms with Gasteiger partial charge in [-0.3, -0.25) is 0 Å². The summed E-state index contributed by atoms with van der Waals surface area (Å²) in [6.07, 6.45) is 22.4. The molecule has 0 amide bonds. The Labute approximate surface area is 264 Å². The van der Waals surface area contributed by atoms with E-state index in [1.165, 1.54) is 66.4 Å². The molecule has 2 heteroatoms. The molecule has 2 nitrogen and oxygen atoms in total. The minimum atomic E-state index is -0.435. The van der Waals surface area contributed by atoms with Gasteiger partial charge >= 0.3 is 0 Å². The smallest absolute Gasteiger partial charge is 0.116 e. The Morgan fingerprint density at radius 1 is 0.814 bits per heavy atom. The van der Waals surface area contributed by atoms with Gasteiger partial charge in [0, 0.05) is 13.2 Å². The van der Waals surface area contributed by atoms with Gasteiger partial charge in [0.2, 0.25) is 0 Å². The van der Waals surface area contributed by atoms with Crippen LogP contribution < -0.4 is 0 Å². The third kappa shape index (κ3) is 11.5. The summed E-state index contributed by atoms with van der Waals surface area (Å²) in [7, 11) is 0. The van der Waals surface area contributed by atoms with Crippen molar-refractivity contribution in [1.29, 1.82) is 0 Å². The van der Waals surface area contributed by atoms with E-state index in [1.807, 2.05) is 0 Å². The first-order chi connectivity index (χ1) is 20.9. The van der Waals surface area contributed by atoms with E-state index >= 15 is 0 Å². The van der Waals surface area contributed by atoms with Gasteiger partial charge in [0.1, 0.15) is 11.7 Å². The maximum Gasteiger partial charge on any atom is 0.116 e. The molecule has 236 valence electrons. The number of ether oxygens (including phenoxy) is 2. The Kier molecular flexibility index (Phi) is 15.6. The molecule has 2 aromatic rings. The summed E-state index contributed by atoms with van der Waals surface area (Å²) in [6.45, 7) is 15.2. The van der Waals surface area contributed by atoms with E-state index < -0.39 is 5.60 Å². The van der Waals surface area contributed by atoms with E-state index in [1.54, 1.807) is 0 Å². The molecule has 0 aliphatic heterocycles. The Morgan fingerprint density at radius 2 is 1.51 bits per heavy atom. The lowest BCUT2D eigenvalue weighted by molar-refractivity contribution is -0.113. The van der Waals surface area contributed by atoms with Crippen LogP contribution in [0, 0.1) is 11.8 Å². The van der Waals surface area contributed by atoms with Gasteiger partial charge in [0.15, 0.2) is 0 Å². The van der Waals surface area contributed by atoms with Crippen LogP contribution in [0.3, 0.4) is 0 Å². The zero-order chi connectivity index (χ0) is 30.9. The van der Waals surface area contributed by atoms with Crippen molar-refractivity contribution >= 4 is 5.57 Å². The van der Waals surface area contributed by atoms with E-state index in [0.717, 1.165) is 45.3 Å². The Balaban J connectivity index is 1.86. The van der Waals surface area contributed by atoms with Crippen molar-refractivity contribution in [2.24, 2.45) is 11.8 Å². The molecule has 0 aromatic heterocycles. The fraction of sp³-hybridized carbons (Fsp3) is 0.561. The van der Waals surface area contributed by atoms with Crippen LogP contribution in [0.25, 0.3) is 16.7 Å². The van der Waals surface area contributed by atoms with Gasteiger partial charge in [0.25, 0.3) is 0 Å². The maximum absolute atomic E-state index is 6.95. The molecule has 3 rings (SSSR count). The molecule has 0 spiro atoms. The minimum absolute atomic E-state index is 0.115. The molecule has 0 fully saturated rings. The lowest BCUT2D eigenvalue weighted by atomic mass is 9.79. The van der Waals surface area contributed by atoms with Crippen molar-refractivity contribution in [3.8, 4) is 11.1 Å². The normalized spacial score (nSPS) is 19.6. The van der Waals surface area contributed by atoms with Crippen molar-refractivity contribution in [2.45, 2.75) is 124 Å². The summed E-state index contributed by atoms with van der Waals surface area (Å²) in [5, 5.41) is 0. The maximum atomic E-state index is 6.95. The van der Waals surface area contributed by atoms with Gasteiger partial charge in [-0.15, -0.1) is 0 Å². The van der Waals surface area contributed by atoms with Crippen LogP contribution in [0.15, 0.2) is 84.5 Å². The molecule has 0 heterocycles. The highest BCUT2D eigenvalue weighted by Gasteiger charge is 2.40. The molecule has 4 atom stereocenters. The quantitative estimate of drug-likeness (QED) is 0.114. The molecule has 0 radical (unpaired) electrons. The lowest BCUT2D eigenvalue weighted by Gasteiger charge is -2.41.